The summed E-state index contributed by atoms with van der Waals surface area (Å²) in [5.74, 6) is 0. The number of aliphatic hydroxyl groups is 5. The summed E-state index contributed by atoms with van der Waals surface area (Å²) in [5, 5.41) is 49.3. The van der Waals surface area contributed by atoms with Gasteiger partial charge in [-0.1, -0.05) is 0 Å². The van der Waals surface area contributed by atoms with Crippen molar-refractivity contribution in [2.45, 2.75) is 55.2 Å². The molecule has 1 aromatic rings. The number of ether oxygens (including phenoxy) is 3. The van der Waals surface area contributed by atoms with Crippen molar-refractivity contribution in [3.05, 3.63) is 33.1 Å². The van der Waals surface area contributed by atoms with Gasteiger partial charge in [-0.2, -0.15) is 0 Å². The largest absolute Gasteiger partial charge is 1.00 e. The Labute approximate surface area is 263 Å². The first-order valence-corrected chi connectivity index (χ1v) is 13.3. The monoisotopic (exact) mass is 624 g/mol. The molecule has 0 bridgehead atoms. The number of aromatic amines is 1. The van der Waals surface area contributed by atoms with Crippen LogP contribution in [0.3, 0.4) is 0 Å². The van der Waals surface area contributed by atoms with Crippen LogP contribution < -0.4 is 80.2 Å². The summed E-state index contributed by atoms with van der Waals surface area (Å²) in [6, 6.07) is 0.922. The molecule has 6 N–H and O–H groups in total. The number of nitrogens with zero attached hydrogens (tertiary/aromatic N) is 1. The first kappa shape index (κ1) is 37.6. The summed E-state index contributed by atoms with van der Waals surface area (Å²) in [4.78, 5) is 49.2. The van der Waals surface area contributed by atoms with Crippen LogP contribution in [0, 0.1) is 0 Å². The third-order valence-electron chi connectivity index (χ3n) is 5.39. The molecule has 39 heavy (non-hydrogen) atoms. The van der Waals surface area contributed by atoms with Crippen LogP contribution in [0.5, 0.6) is 0 Å². The van der Waals surface area contributed by atoms with E-state index in [0.717, 1.165) is 19.4 Å². The zero-order valence-electron chi connectivity index (χ0n) is 20.7. The zero-order valence-corrected chi connectivity index (χ0v) is 26.5. The molecule has 3 rings (SSSR count). The molecule has 2 fully saturated rings. The number of rotatable bonds is 10. The third kappa shape index (κ3) is 9.30. The zero-order chi connectivity index (χ0) is 27.7. The van der Waals surface area contributed by atoms with Gasteiger partial charge < -0.3 is 54.1 Å². The molecule has 19 nitrogen and oxygen atoms in total. The molecule has 2 aliphatic rings. The first-order chi connectivity index (χ1) is 17.2. The molecule has 2 aliphatic heterocycles. The fraction of sp³-hybridized carbons (Fsp3) is 0.750. The maximum absolute atomic E-state index is 12.2. The minimum absolute atomic E-state index is 0. The fourth-order valence-electron chi connectivity index (χ4n) is 3.57. The molecule has 0 aliphatic carbocycles. The van der Waals surface area contributed by atoms with Crippen LogP contribution in [-0.4, -0.2) is 104 Å². The van der Waals surface area contributed by atoms with Crippen molar-refractivity contribution in [2.24, 2.45) is 0 Å². The molecule has 0 radical (unpaired) electrons. The Bertz CT molecular complexity index is 1150. The summed E-state index contributed by atoms with van der Waals surface area (Å²) in [5.41, 5.74) is -1.76. The molecule has 212 valence electrons. The van der Waals surface area contributed by atoms with Crippen LogP contribution in [0.15, 0.2) is 21.9 Å². The normalized spacial score (nSPS) is 35.7. The summed E-state index contributed by atoms with van der Waals surface area (Å²) in [6.07, 6.45) is -14.5. The Morgan fingerprint density at radius 1 is 1.00 bits per heavy atom. The predicted molar refractivity (Wildman–Crippen MR) is 109 cm³/mol. The van der Waals surface area contributed by atoms with E-state index in [-0.39, 0.29) is 59.1 Å². The summed E-state index contributed by atoms with van der Waals surface area (Å²) >= 11 is 0. The summed E-state index contributed by atoms with van der Waals surface area (Å²) < 4.78 is 52.8. The standard InChI is InChI=1S/C16H26N2O17P2.2Na/c1-30-13-11(23)9(21)6(4-19)33-15(13)34-37(28,29)35-36(26,27)31-5-7-10(22)12(24)14(32-7)18-3-2-8(20)17-16(18)25;;/h2-3,6-7,9-15,19,21-24H,4-5H2,1H3,(H,26,27)(H,28,29)(H,17,20,25);;/q;2*+1/p-2/t6?,7-,9?,10-,11?,12-,13?,14-,15?;;/m1../s1. The molecule has 11 atom stereocenters. The smallest absolute Gasteiger partial charge is 0.756 e. The second-order valence-electron chi connectivity index (χ2n) is 7.85. The molecule has 3 heterocycles. The number of H-pyrrole nitrogens is 1. The Balaban J connectivity index is 0.00000380. The minimum atomic E-state index is -5.84. The van der Waals surface area contributed by atoms with E-state index < -0.39 is 95.4 Å². The van der Waals surface area contributed by atoms with Gasteiger partial charge in [-0.05, 0) is 0 Å². The van der Waals surface area contributed by atoms with E-state index in [1.54, 1.807) is 0 Å². The van der Waals surface area contributed by atoms with E-state index in [2.05, 4.69) is 13.4 Å². The van der Waals surface area contributed by atoms with E-state index in [1.165, 1.54) is 0 Å². The molecule has 0 amide bonds. The van der Waals surface area contributed by atoms with Crippen LogP contribution in [-0.2, 0) is 36.7 Å². The quantitative estimate of drug-likeness (QED) is 0.104. The number of aromatic nitrogens is 2. The fourth-order valence-corrected chi connectivity index (χ4v) is 5.65. The SMILES string of the molecule is COC1C(OP(=O)([O-])OP(=O)([O-])OC[C@H]2O[C@@H](n3ccc(=O)[nH]c3=O)[C@H](O)[C@@H]2O)OC(CO)C(O)C1O.[Na+].[Na+]. The molecule has 7 unspecified atom stereocenters. The number of nitrogens with one attached hydrogen (secondary N) is 1. The molecular formula is C16H24N2Na2O17P2. The molecule has 0 spiro atoms. The van der Waals surface area contributed by atoms with Gasteiger partial charge in [0, 0.05) is 19.4 Å². The van der Waals surface area contributed by atoms with E-state index in [1.807, 2.05) is 4.98 Å². The molecule has 0 saturated carbocycles. The van der Waals surface area contributed by atoms with E-state index in [0.29, 0.717) is 4.57 Å². The minimum Gasteiger partial charge on any atom is -0.756 e. The number of methoxy groups -OCH3 is 1. The van der Waals surface area contributed by atoms with Crippen LogP contribution in [0.1, 0.15) is 6.23 Å². The van der Waals surface area contributed by atoms with Crippen molar-refractivity contribution in [2.75, 3.05) is 20.3 Å². The Kier molecular flexibility index (Phi) is 14.8. The van der Waals surface area contributed by atoms with Crippen molar-refractivity contribution in [3.63, 3.8) is 0 Å². The van der Waals surface area contributed by atoms with Gasteiger partial charge in [0.2, 0.25) is 0 Å². The van der Waals surface area contributed by atoms with Gasteiger partial charge in [0.1, 0.15) is 42.7 Å². The first-order valence-electron chi connectivity index (χ1n) is 10.3. The van der Waals surface area contributed by atoms with Crippen molar-refractivity contribution in [1.82, 2.24) is 9.55 Å². The van der Waals surface area contributed by atoms with E-state index >= 15 is 0 Å². The van der Waals surface area contributed by atoms with Gasteiger partial charge in [-0.15, -0.1) is 0 Å². The number of aliphatic hydroxyl groups excluding tert-OH is 5. The van der Waals surface area contributed by atoms with Crippen LogP contribution in [0.4, 0.5) is 0 Å². The molecule has 0 aromatic carbocycles. The Morgan fingerprint density at radius 3 is 2.18 bits per heavy atom. The second-order valence-corrected chi connectivity index (χ2v) is 10.8. The van der Waals surface area contributed by atoms with Gasteiger partial charge in [0.05, 0.1) is 13.2 Å². The number of hydrogen-bond donors (Lipinski definition) is 6. The molecule has 1 aromatic heterocycles. The van der Waals surface area contributed by atoms with Crippen LogP contribution >= 0.6 is 15.6 Å². The summed E-state index contributed by atoms with van der Waals surface area (Å²) in [6.45, 7) is -1.96. The second kappa shape index (κ2) is 15.4. The average molecular weight is 624 g/mol. The number of phosphoric ester groups is 2. The third-order valence-corrected chi connectivity index (χ3v) is 7.92. The molecule has 23 heteroatoms. The van der Waals surface area contributed by atoms with E-state index in [9.17, 15) is 54.0 Å². The van der Waals surface area contributed by atoms with Crippen molar-refractivity contribution in [1.29, 1.82) is 0 Å². The number of hydrogen-bond acceptors (Lipinski definition) is 17. The maximum Gasteiger partial charge on any atom is 1.00 e. The van der Waals surface area contributed by atoms with Crippen molar-refractivity contribution < 1.29 is 131 Å². The van der Waals surface area contributed by atoms with E-state index in [4.69, 9.17) is 14.2 Å². The predicted octanol–water partition coefficient (Wildman–Crippen LogP) is -11.4. The molecular weight excluding hydrogens is 600 g/mol. The van der Waals surface area contributed by atoms with Crippen LogP contribution in [0.25, 0.3) is 0 Å². The Morgan fingerprint density at radius 2 is 1.62 bits per heavy atom. The van der Waals surface area contributed by atoms with Crippen molar-refractivity contribution >= 4 is 15.6 Å². The average Bonchev–Trinajstić information content (AvgIpc) is 3.08. The van der Waals surface area contributed by atoms with Gasteiger partial charge in [-0.3, -0.25) is 28.0 Å². The van der Waals surface area contributed by atoms with Crippen molar-refractivity contribution in [3.8, 4) is 0 Å². The van der Waals surface area contributed by atoms with Gasteiger partial charge in [0.25, 0.3) is 21.2 Å². The summed E-state index contributed by atoms with van der Waals surface area (Å²) in [7, 11) is -10.6. The molecule has 2 saturated heterocycles. The van der Waals surface area contributed by atoms with Gasteiger partial charge >= 0.3 is 64.8 Å². The van der Waals surface area contributed by atoms with Gasteiger partial charge in [0.15, 0.2) is 12.5 Å². The topological polar surface area (TPSA) is 292 Å². The van der Waals surface area contributed by atoms with Crippen LogP contribution in [0.2, 0.25) is 0 Å². The Hall–Kier alpha value is 0.620. The number of phosphoric acid groups is 2. The maximum atomic E-state index is 12.2. The van der Waals surface area contributed by atoms with Gasteiger partial charge in [-0.25, -0.2) is 9.11 Å².